The molecule has 120 valence electrons. The molecule has 0 bridgehead atoms. The molecule has 4 nitrogen and oxygen atoms in total. The van der Waals surface area contributed by atoms with Crippen molar-refractivity contribution in [1.29, 1.82) is 0 Å². The van der Waals surface area contributed by atoms with Crippen molar-refractivity contribution in [3.05, 3.63) is 29.8 Å². The lowest BCUT2D eigenvalue weighted by Crippen LogP contribution is -2.51. The van der Waals surface area contributed by atoms with Gasteiger partial charge in [-0.15, -0.1) is 12.4 Å². The monoisotopic (exact) mass is 332 g/mol. The highest BCUT2D eigenvalue weighted by Crippen LogP contribution is 2.30. The molecule has 0 spiro atoms. The Balaban J connectivity index is 0.00000220. The molecule has 0 radical (unpaired) electrons. The molecule has 1 aromatic rings. The Bertz CT molecular complexity index is 567. The average molecular weight is 333 g/mol. The second-order valence-electron chi connectivity index (χ2n) is 6.02. The van der Waals surface area contributed by atoms with E-state index in [4.69, 9.17) is 5.73 Å². The smallest absolute Gasteiger partial charge is 0.241 e. The van der Waals surface area contributed by atoms with Crippen LogP contribution in [0.3, 0.4) is 0 Å². The van der Waals surface area contributed by atoms with Crippen molar-refractivity contribution in [2.24, 2.45) is 5.73 Å². The molecule has 0 heterocycles. The van der Waals surface area contributed by atoms with Gasteiger partial charge in [0.05, 0.1) is 4.90 Å². The minimum Gasteiger partial charge on any atom is -0.329 e. The topological polar surface area (TPSA) is 72.2 Å². The summed E-state index contributed by atoms with van der Waals surface area (Å²) in [5.41, 5.74) is 6.38. The minimum absolute atomic E-state index is 0. The van der Waals surface area contributed by atoms with Gasteiger partial charge in [0.2, 0.25) is 10.0 Å². The summed E-state index contributed by atoms with van der Waals surface area (Å²) in [6.45, 7) is 4.46. The number of nitrogens with two attached hydrogens (primary N) is 1. The van der Waals surface area contributed by atoms with Gasteiger partial charge in [0.25, 0.3) is 0 Å². The Morgan fingerprint density at radius 2 is 1.90 bits per heavy atom. The highest BCUT2D eigenvalue weighted by atomic mass is 35.5. The minimum atomic E-state index is -3.50. The zero-order valence-electron chi connectivity index (χ0n) is 12.6. The van der Waals surface area contributed by atoms with Crippen LogP contribution in [-0.2, 0) is 10.0 Å². The maximum atomic E-state index is 12.6. The van der Waals surface area contributed by atoms with Gasteiger partial charge in [0.1, 0.15) is 0 Å². The number of halogens is 1. The van der Waals surface area contributed by atoms with E-state index in [1.807, 2.05) is 6.07 Å². The van der Waals surface area contributed by atoms with E-state index in [1.54, 1.807) is 18.2 Å². The van der Waals surface area contributed by atoms with Gasteiger partial charge in [0.15, 0.2) is 0 Å². The van der Waals surface area contributed by atoms with Crippen LogP contribution in [0.15, 0.2) is 29.2 Å². The van der Waals surface area contributed by atoms with Gasteiger partial charge in [-0.1, -0.05) is 38.8 Å². The van der Waals surface area contributed by atoms with Crippen LogP contribution in [0.2, 0.25) is 0 Å². The van der Waals surface area contributed by atoms with Gasteiger partial charge in [0, 0.05) is 12.1 Å². The highest BCUT2D eigenvalue weighted by Gasteiger charge is 2.36. The SMILES string of the molecule is CC(C)c1cccc(S(=O)(=O)NC2(CN)CCCC2)c1.Cl. The van der Waals surface area contributed by atoms with Crippen LogP contribution < -0.4 is 10.5 Å². The van der Waals surface area contributed by atoms with Gasteiger partial charge >= 0.3 is 0 Å². The molecule has 0 atom stereocenters. The van der Waals surface area contributed by atoms with E-state index in [9.17, 15) is 8.42 Å². The normalized spacial score (nSPS) is 17.7. The van der Waals surface area contributed by atoms with Crippen molar-refractivity contribution < 1.29 is 8.42 Å². The zero-order valence-corrected chi connectivity index (χ0v) is 14.3. The predicted molar refractivity (Wildman–Crippen MR) is 88.4 cm³/mol. The fourth-order valence-corrected chi connectivity index (χ4v) is 4.31. The molecule has 0 unspecified atom stereocenters. The van der Waals surface area contributed by atoms with Crippen molar-refractivity contribution in [3.8, 4) is 0 Å². The lowest BCUT2D eigenvalue weighted by Gasteiger charge is -2.28. The summed E-state index contributed by atoms with van der Waals surface area (Å²) in [6, 6.07) is 7.16. The summed E-state index contributed by atoms with van der Waals surface area (Å²) in [5, 5.41) is 0. The van der Waals surface area contributed by atoms with Crippen LogP contribution in [-0.4, -0.2) is 20.5 Å². The standard InChI is InChI=1S/C15H24N2O2S.ClH/c1-12(2)13-6-5-7-14(10-13)20(18,19)17-15(11-16)8-3-4-9-15;/h5-7,10,12,17H,3-4,8-9,11,16H2,1-2H3;1H. The largest absolute Gasteiger partial charge is 0.329 e. The zero-order chi connectivity index (χ0) is 14.8. The summed E-state index contributed by atoms with van der Waals surface area (Å²) in [7, 11) is -3.50. The van der Waals surface area contributed by atoms with E-state index in [1.165, 1.54) is 0 Å². The lowest BCUT2D eigenvalue weighted by atomic mass is 10.0. The Hall–Kier alpha value is -0.620. The van der Waals surface area contributed by atoms with Crippen molar-refractivity contribution in [1.82, 2.24) is 4.72 Å². The van der Waals surface area contributed by atoms with Gasteiger partial charge in [-0.2, -0.15) is 0 Å². The van der Waals surface area contributed by atoms with Crippen molar-refractivity contribution in [2.45, 2.75) is 55.9 Å². The second-order valence-corrected chi connectivity index (χ2v) is 7.71. The molecular formula is C15H25ClN2O2S. The summed E-state index contributed by atoms with van der Waals surface area (Å²) in [4.78, 5) is 0.337. The molecule has 3 N–H and O–H groups in total. The summed E-state index contributed by atoms with van der Waals surface area (Å²) in [6.07, 6.45) is 3.72. The van der Waals surface area contributed by atoms with Gasteiger partial charge < -0.3 is 5.73 Å². The number of nitrogens with one attached hydrogen (secondary N) is 1. The number of rotatable bonds is 5. The van der Waals surface area contributed by atoms with E-state index < -0.39 is 15.6 Å². The lowest BCUT2D eigenvalue weighted by molar-refractivity contribution is 0.399. The third-order valence-electron chi connectivity index (χ3n) is 4.14. The van der Waals surface area contributed by atoms with Gasteiger partial charge in [-0.05, 0) is 36.5 Å². The molecule has 0 amide bonds. The highest BCUT2D eigenvalue weighted by molar-refractivity contribution is 7.89. The van der Waals surface area contributed by atoms with Crippen LogP contribution in [0.1, 0.15) is 51.0 Å². The van der Waals surface area contributed by atoms with Crippen LogP contribution in [0.4, 0.5) is 0 Å². The Labute approximate surface area is 134 Å². The predicted octanol–water partition coefficient (Wildman–Crippen LogP) is 2.78. The van der Waals surface area contributed by atoms with E-state index in [0.717, 1.165) is 31.2 Å². The van der Waals surface area contributed by atoms with Crippen molar-refractivity contribution >= 4 is 22.4 Å². The number of hydrogen-bond donors (Lipinski definition) is 2. The fraction of sp³-hybridized carbons (Fsp3) is 0.600. The molecule has 1 aliphatic rings. The van der Waals surface area contributed by atoms with Gasteiger partial charge in [-0.3, -0.25) is 0 Å². The molecule has 0 saturated heterocycles. The molecule has 1 aliphatic carbocycles. The number of sulfonamides is 1. The molecule has 1 saturated carbocycles. The number of benzene rings is 1. The Morgan fingerprint density at radius 1 is 1.29 bits per heavy atom. The summed E-state index contributed by atoms with van der Waals surface area (Å²) >= 11 is 0. The fourth-order valence-electron chi connectivity index (χ4n) is 2.78. The Kier molecular flexibility index (Phi) is 6.23. The number of hydrogen-bond acceptors (Lipinski definition) is 3. The van der Waals surface area contributed by atoms with E-state index in [2.05, 4.69) is 18.6 Å². The second kappa shape index (κ2) is 7.09. The van der Waals surface area contributed by atoms with E-state index in [0.29, 0.717) is 17.4 Å². The first kappa shape index (κ1) is 18.4. The molecule has 0 aliphatic heterocycles. The van der Waals surface area contributed by atoms with E-state index >= 15 is 0 Å². The van der Waals surface area contributed by atoms with Crippen molar-refractivity contribution in [3.63, 3.8) is 0 Å². The molecule has 21 heavy (non-hydrogen) atoms. The molecule has 1 aromatic carbocycles. The molecule has 1 fully saturated rings. The van der Waals surface area contributed by atoms with Crippen LogP contribution >= 0.6 is 12.4 Å². The van der Waals surface area contributed by atoms with Crippen LogP contribution in [0, 0.1) is 0 Å². The van der Waals surface area contributed by atoms with E-state index in [-0.39, 0.29) is 12.4 Å². The first-order valence-corrected chi connectivity index (χ1v) is 8.71. The molecule has 2 rings (SSSR count). The summed E-state index contributed by atoms with van der Waals surface area (Å²) in [5.74, 6) is 0.306. The molecule has 6 heteroatoms. The third kappa shape index (κ3) is 4.19. The first-order valence-electron chi connectivity index (χ1n) is 7.23. The maximum absolute atomic E-state index is 12.6. The first-order chi connectivity index (χ1) is 9.38. The third-order valence-corrected chi connectivity index (χ3v) is 5.71. The quantitative estimate of drug-likeness (QED) is 0.870. The average Bonchev–Trinajstić information content (AvgIpc) is 2.87. The Morgan fingerprint density at radius 3 is 2.43 bits per heavy atom. The van der Waals surface area contributed by atoms with Crippen LogP contribution in [0.25, 0.3) is 0 Å². The molecular weight excluding hydrogens is 308 g/mol. The van der Waals surface area contributed by atoms with Gasteiger partial charge in [-0.25, -0.2) is 13.1 Å². The van der Waals surface area contributed by atoms with Crippen LogP contribution in [0.5, 0.6) is 0 Å². The summed E-state index contributed by atoms with van der Waals surface area (Å²) < 4.78 is 28.0. The maximum Gasteiger partial charge on any atom is 0.241 e. The van der Waals surface area contributed by atoms with Crippen molar-refractivity contribution in [2.75, 3.05) is 6.54 Å². The molecule has 0 aromatic heterocycles.